The van der Waals surface area contributed by atoms with E-state index in [0.717, 1.165) is 0 Å². The van der Waals surface area contributed by atoms with E-state index in [1.165, 1.54) is 4.68 Å². The summed E-state index contributed by atoms with van der Waals surface area (Å²) in [6, 6.07) is 0. The second-order valence-electron chi connectivity index (χ2n) is 2.56. The molecule has 0 radical (unpaired) electrons. The minimum atomic E-state index is -0.431. The molecule has 0 spiro atoms. The summed E-state index contributed by atoms with van der Waals surface area (Å²) in [4.78, 5) is 11.2. The Balaban J connectivity index is 3.20. The molecular formula is C7H11ClN4O. The van der Waals surface area contributed by atoms with Gasteiger partial charge in [0.15, 0.2) is 0 Å². The Bertz CT molecular complexity index is 333. The van der Waals surface area contributed by atoms with Crippen molar-refractivity contribution in [2.75, 3.05) is 0 Å². The predicted octanol–water partition coefficient (Wildman–Crippen LogP) is 0.239. The Kier molecular flexibility index (Phi) is 2.90. The first-order valence-electron chi connectivity index (χ1n) is 3.84. The average molecular weight is 203 g/mol. The van der Waals surface area contributed by atoms with Crippen LogP contribution in [0, 0.1) is 0 Å². The molecule has 0 saturated heterocycles. The molecule has 0 unspecified atom stereocenters. The summed E-state index contributed by atoms with van der Waals surface area (Å²) < 4.78 is 1.42. The SMILES string of the molecule is CCc1nn(C)c(C(=O)NN)c1Cl. The molecule has 0 bridgehead atoms. The zero-order valence-electron chi connectivity index (χ0n) is 7.47. The number of hydrogen-bond donors (Lipinski definition) is 2. The molecule has 1 amide bonds. The van der Waals surface area contributed by atoms with Gasteiger partial charge in [0.2, 0.25) is 0 Å². The van der Waals surface area contributed by atoms with Crippen LogP contribution < -0.4 is 11.3 Å². The fraction of sp³-hybridized carbons (Fsp3) is 0.429. The molecule has 0 saturated carbocycles. The third kappa shape index (κ3) is 1.66. The molecule has 0 aliphatic heterocycles. The summed E-state index contributed by atoms with van der Waals surface area (Å²) >= 11 is 5.90. The highest BCUT2D eigenvalue weighted by Gasteiger charge is 2.18. The number of nitrogens with two attached hydrogens (primary N) is 1. The summed E-state index contributed by atoms with van der Waals surface area (Å²) in [6.45, 7) is 1.92. The quantitative estimate of drug-likeness (QED) is 0.410. The number of hydrogen-bond acceptors (Lipinski definition) is 3. The number of rotatable bonds is 2. The molecule has 5 nitrogen and oxygen atoms in total. The number of carbonyl (C=O) groups is 1. The average Bonchev–Trinajstić information content (AvgIpc) is 2.40. The van der Waals surface area contributed by atoms with Gasteiger partial charge in [0.25, 0.3) is 5.91 Å². The number of aryl methyl sites for hydroxylation is 2. The van der Waals surface area contributed by atoms with Crippen LogP contribution in [0.15, 0.2) is 0 Å². The molecule has 0 aliphatic carbocycles. The maximum Gasteiger partial charge on any atom is 0.284 e. The van der Waals surface area contributed by atoms with Crippen molar-refractivity contribution < 1.29 is 4.79 Å². The van der Waals surface area contributed by atoms with Gasteiger partial charge in [0, 0.05) is 7.05 Å². The molecule has 0 atom stereocenters. The molecule has 1 rings (SSSR count). The number of amides is 1. The standard InChI is InChI=1S/C7H11ClN4O/c1-3-4-5(8)6(7(13)10-9)12(2)11-4/h3,9H2,1-2H3,(H,10,13). The third-order valence-corrected chi connectivity index (χ3v) is 2.13. The van der Waals surface area contributed by atoms with Crippen LogP contribution >= 0.6 is 11.6 Å². The first-order chi connectivity index (χ1) is 6.11. The number of hydrazine groups is 1. The van der Waals surface area contributed by atoms with Gasteiger partial charge in [-0.15, -0.1) is 0 Å². The molecule has 1 aromatic heterocycles. The Hall–Kier alpha value is -1.07. The minimum absolute atomic E-state index is 0.293. The molecule has 72 valence electrons. The van der Waals surface area contributed by atoms with Crippen LogP contribution in [0.1, 0.15) is 23.1 Å². The number of carbonyl (C=O) groups excluding carboxylic acids is 1. The van der Waals surface area contributed by atoms with E-state index < -0.39 is 5.91 Å². The van der Waals surface area contributed by atoms with Crippen molar-refractivity contribution in [1.82, 2.24) is 15.2 Å². The van der Waals surface area contributed by atoms with Crippen LogP contribution in [0.4, 0.5) is 0 Å². The molecule has 0 fully saturated rings. The lowest BCUT2D eigenvalue weighted by molar-refractivity contribution is 0.0944. The highest BCUT2D eigenvalue weighted by atomic mass is 35.5. The highest BCUT2D eigenvalue weighted by molar-refractivity contribution is 6.34. The molecular weight excluding hydrogens is 192 g/mol. The highest BCUT2D eigenvalue weighted by Crippen LogP contribution is 2.20. The molecule has 0 aromatic carbocycles. The van der Waals surface area contributed by atoms with E-state index >= 15 is 0 Å². The van der Waals surface area contributed by atoms with E-state index in [2.05, 4.69) is 5.10 Å². The summed E-state index contributed by atoms with van der Waals surface area (Å²) in [7, 11) is 1.65. The lowest BCUT2D eigenvalue weighted by atomic mass is 10.3. The van der Waals surface area contributed by atoms with E-state index in [-0.39, 0.29) is 0 Å². The van der Waals surface area contributed by atoms with E-state index in [0.29, 0.717) is 22.8 Å². The number of aromatic nitrogens is 2. The van der Waals surface area contributed by atoms with Crippen LogP contribution in [0.3, 0.4) is 0 Å². The van der Waals surface area contributed by atoms with E-state index in [1.54, 1.807) is 7.05 Å². The number of nitrogens with zero attached hydrogens (tertiary/aromatic N) is 2. The lowest BCUT2D eigenvalue weighted by Crippen LogP contribution is -2.31. The Morgan fingerprint density at radius 3 is 2.77 bits per heavy atom. The maximum atomic E-state index is 11.2. The molecule has 6 heteroatoms. The predicted molar refractivity (Wildman–Crippen MR) is 49.2 cm³/mol. The van der Waals surface area contributed by atoms with Crippen molar-refractivity contribution in [2.24, 2.45) is 12.9 Å². The van der Waals surface area contributed by atoms with Gasteiger partial charge in [-0.1, -0.05) is 18.5 Å². The third-order valence-electron chi connectivity index (χ3n) is 1.74. The normalized spacial score (nSPS) is 10.2. The molecule has 13 heavy (non-hydrogen) atoms. The Labute approximate surface area is 80.8 Å². The van der Waals surface area contributed by atoms with Crippen LogP contribution in [-0.2, 0) is 13.5 Å². The van der Waals surface area contributed by atoms with Gasteiger partial charge >= 0.3 is 0 Å². The molecule has 3 N–H and O–H groups in total. The second-order valence-corrected chi connectivity index (χ2v) is 2.94. The largest absolute Gasteiger partial charge is 0.289 e. The van der Waals surface area contributed by atoms with E-state index in [9.17, 15) is 4.79 Å². The van der Waals surface area contributed by atoms with Crippen LogP contribution in [0.5, 0.6) is 0 Å². The summed E-state index contributed by atoms with van der Waals surface area (Å²) in [5.41, 5.74) is 3.01. The van der Waals surface area contributed by atoms with Gasteiger partial charge < -0.3 is 0 Å². The van der Waals surface area contributed by atoms with Gasteiger partial charge in [-0.3, -0.25) is 14.9 Å². The van der Waals surface area contributed by atoms with Crippen LogP contribution in [0.2, 0.25) is 5.02 Å². The number of nitrogen functional groups attached to an aromatic ring is 1. The van der Waals surface area contributed by atoms with E-state index in [1.807, 2.05) is 12.3 Å². The molecule has 1 aromatic rings. The monoisotopic (exact) mass is 202 g/mol. The fourth-order valence-corrected chi connectivity index (χ4v) is 1.47. The van der Waals surface area contributed by atoms with Crippen molar-refractivity contribution in [3.8, 4) is 0 Å². The Morgan fingerprint density at radius 1 is 1.77 bits per heavy atom. The Morgan fingerprint density at radius 2 is 2.38 bits per heavy atom. The maximum absolute atomic E-state index is 11.2. The topological polar surface area (TPSA) is 72.9 Å². The molecule has 0 aliphatic rings. The van der Waals surface area contributed by atoms with E-state index in [4.69, 9.17) is 17.4 Å². The van der Waals surface area contributed by atoms with Gasteiger partial charge in [-0.25, -0.2) is 5.84 Å². The van der Waals surface area contributed by atoms with Gasteiger partial charge in [0.05, 0.1) is 10.7 Å². The van der Waals surface area contributed by atoms with Gasteiger partial charge in [-0.2, -0.15) is 5.10 Å². The van der Waals surface area contributed by atoms with Gasteiger partial charge in [0.1, 0.15) is 5.69 Å². The van der Waals surface area contributed by atoms with Crippen LogP contribution in [0.25, 0.3) is 0 Å². The first kappa shape index (κ1) is 10.0. The zero-order valence-corrected chi connectivity index (χ0v) is 8.22. The van der Waals surface area contributed by atoms with Crippen molar-refractivity contribution >= 4 is 17.5 Å². The fourth-order valence-electron chi connectivity index (χ4n) is 1.09. The number of nitrogens with one attached hydrogen (secondary N) is 1. The van der Waals surface area contributed by atoms with Gasteiger partial charge in [-0.05, 0) is 6.42 Å². The summed E-state index contributed by atoms with van der Waals surface area (Å²) in [5, 5.41) is 4.43. The smallest absolute Gasteiger partial charge is 0.284 e. The van der Waals surface area contributed by atoms with Crippen molar-refractivity contribution in [1.29, 1.82) is 0 Å². The molecule has 1 heterocycles. The second kappa shape index (κ2) is 3.76. The van der Waals surface area contributed by atoms with Crippen LogP contribution in [-0.4, -0.2) is 15.7 Å². The van der Waals surface area contributed by atoms with Crippen molar-refractivity contribution in [3.63, 3.8) is 0 Å². The van der Waals surface area contributed by atoms with Crippen molar-refractivity contribution in [2.45, 2.75) is 13.3 Å². The summed E-state index contributed by atoms with van der Waals surface area (Å²) in [5.74, 6) is 4.56. The van der Waals surface area contributed by atoms with Crippen molar-refractivity contribution in [3.05, 3.63) is 16.4 Å². The lowest BCUT2D eigenvalue weighted by Gasteiger charge is -1.99. The number of halogens is 1. The minimum Gasteiger partial charge on any atom is -0.289 e. The zero-order chi connectivity index (χ0) is 10.0. The first-order valence-corrected chi connectivity index (χ1v) is 4.21. The summed E-state index contributed by atoms with van der Waals surface area (Å²) in [6.07, 6.45) is 0.685.